The van der Waals surface area contributed by atoms with Crippen LogP contribution in [-0.4, -0.2) is 22.2 Å². The molecule has 0 saturated heterocycles. The van der Waals surface area contributed by atoms with Gasteiger partial charge in [-0.1, -0.05) is 38.8 Å². The van der Waals surface area contributed by atoms with Gasteiger partial charge in [-0.25, -0.2) is 0 Å². The monoisotopic (exact) mass is 294 g/mol. The zero-order chi connectivity index (χ0) is 15.6. The van der Waals surface area contributed by atoms with E-state index in [1.165, 1.54) is 0 Å². The fourth-order valence-corrected chi connectivity index (χ4v) is 4.61. The van der Waals surface area contributed by atoms with E-state index >= 15 is 0 Å². The highest BCUT2D eigenvalue weighted by molar-refractivity contribution is 5.73. The standard InChI is InChI=1S/C17H26O4/c1-3-5-12(16(18)19)14-10-7-8-11(9-10)15(14)13(6-4-2)17(20)21/h7-8,10-15H,3-6,9H2,1-2H3,(H,18,19)(H,20,21). The van der Waals surface area contributed by atoms with Gasteiger partial charge in [0.15, 0.2) is 0 Å². The average molecular weight is 294 g/mol. The Bertz CT molecular complexity index is 391. The lowest BCUT2D eigenvalue weighted by Gasteiger charge is -2.36. The fourth-order valence-electron chi connectivity index (χ4n) is 4.61. The van der Waals surface area contributed by atoms with E-state index in [0.29, 0.717) is 12.8 Å². The van der Waals surface area contributed by atoms with Gasteiger partial charge in [-0.2, -0.15) is 0 Å². The Morgan fingerprint density at radius 2 is 1.33 bits per heavy atom. The van der Waals surface area contributed by atoms with Gasteiger partial charge in [0.2, 0.25) is 0 Å². The Labute approximate surface area is 126 Å². The Kier molecular flexibility index (Phi) is 5.07. The molecule has 1 saturated carbocycles. The molecule has 1 fully saturated rings. The summed E-state index contributed by atoms with van der Waals surface area (Å²) < 4.78 is 0. The minimum Gasteiger partial charge on any atom is -0.481 e. The fraction of sp³-hybridized carbons (Fsp3) is 0.765. The van der Waals surface area contributed by atoms with Gasteiger partial charge in [0.25, 0.3) is 0 Å². The largest absolute Gasteiger partial charge is 0.481 e. The number of aliphatic carboxylic acids is 2. The first-order valence-corrected chi connectivity index (χ1v) is 8.15. The first-order chi connectivity index (χ1) is 10.0. The van der Waals surface area contributed by atoms with Crippen LogP contribution < -0.4 is 0 Å². The van der Waals surface area contributed by atoms with Gasteiger partial charge in [-0.3, -0.25) is 9.59 Å². The minimum absolute atomic E-state index is 0.00917. The third-order valence-corrected chi connectivity index (χ3v) is 5.35. The third kappa shape index (κ3) is 2.99. The lowest BCUT2D eigenvalue weighted by atomic mass is 9.67. The zero-order valence-corrected chi connectivity index (χ0v) is 12.9. The van der Waals surface area contributed by atoms with Crippen molar-refractivity contribution >= 4 is 11.9 Å². The Hall–Kier alpha value is -1.32. The predicted molar refractivity (Wildman–Crippen MR) is 79.8 cm³/mol. The summed E-state index contributed by atoms with van der Waals surface area (Å²) in [6.07, 6.45) is 8.14. The molecule has 2 aliphatic carbocycles. The third-order valence-electron chi connectivity index (χ3n) is 5.35. The number of carbonyl (C=O) groups is 2. The summed E-state index contributed by atoms with van der Waals surface area (Å²) in [4.78, 5) is 23.4. The molecule has 21 heavy (non-hydrogen) atoms. The van der Waals surface area contributed by atoms with E-state index < -0.39 is 23.8 Å². The highest BCUT2D eigenvalue weighted by atomic mass is 16.4. The molecular formula is C17H26O4. The van der Waals surface area contributed by atoms with E-state index in [2.05, 4.69) is 12.2 Å². The Morgan fingerprint density at radius 1 is 0.952 bits per heavy atom. The summed E-state index contributed by atoms with van der Waals surface area (Å²) in [7, 11) is 0. The lowest BCUT2D eigenvalue weighted by Crippen LogP contribution is -2.38. The van der Waals surface area contributed by atoms with Crippen LogP contribution in [0.1, 0.15) is 46.0 Å². The summed E-state index contributed by atoms with van der Waals surface area (Å²) in [5.41, 5.74) is 0. The SMILES string of the molecule is CCCC(C(=O)O)C1C2C=CC(C2)C1C(CCC)C(=O)O. The molecule has 0 aromatic carbocycles. The number of carboxylic acid groups (broad SMARTS) is 2. The van der Waals surface area contributed by atoms with E-state index in [0.717, 1.165) is 19.3 Å². The molecule has 2 aliphatic rings. The molecule has 6 atom stereocenters. The second kappa shape index (κ2) is 6.63. The molecule has 6 unspecified atom stereocenters. The summed E-state index contributed by atoms with van der Waals surface area (Å²) in [5, 5.41) is 19.2. The molecule has 2 bridgehead atoms. The quantitative estimate of drug-likeness (QED) is 0.673. The van der Waals surface area contributed by atoms with Crippen LogP contribution in [0, 0.1) is 35.5 Å². The van der Waals surface area contributed by atoms with Crippen molar-refractivity contribution in [2.75, 3.05) is 0 Å². The van der Waals surface area contributed by atoms with Crippen LogP contribution in [0.3, 0.4) is 0 Å². The molecule has 0 aromatic rings. The van der Waals surface area contributed by atoms with E-state index in [1.54, 1.807) is 0 Å². The van der Waals surface area contributed by atoms with E-state index in [1.807, 2.05) is 13.8 Å². The number of carboxylic acids is 2. The van der Waals surface area contributed by atoms with Crippen LogP contribution in [0.5, 0.6) is 0 Å². The Balaban J connectivity index is 2.30. The van der Waals surface area contributed by atoms with Gasteiger partial charge in [0.1, 0.15) is 0 Å². The van der Waals surface area contributed by atoms with Crippen molar-refractivity contribution in [3.05, 3.63) is 12.2 Å². The second-order valence-corrected chi connectivity index (χ2v) is 6.57. The molecule has 0 spiro atoms. The van der Waals surface area contributed by atoms with Gasteiger partial charge in [-0.15, -0.1) is 0 Å². The highest BCUT2D eigenvalue weighted by Gasteiger charge is 2.53. The molecule has 2 N–H and O–H groups in total. The van der Waals surface area contributed by atoms with Crippen molar-refractivity contribution in [1.29, 1.82) is 0 Å². The number of hydrogen-bond acceptors (Lipinski definition) is 2. The van der Waals surface area contributed by atoms with Gasteiger partial charge < -0.3 is 10.2 Å². The van der Waals surface area contributed by atoms with Crippen LogP contribution in [0.2, 0.25) is 0 Å². The van der Waals surface area contributed by atoms with Crippen LogP contribution in [0.15, 0.2) is 12.2 Å². The number of hydrogen-bond donors (Lipinski definition) is 2. The van der Waals surface area contributed by atoms with Crippen molar-refractivity contribution in [1.82, 2.24) is 0 Å². The van der Waals surface area contributed by atoms with E-state index in [4.69, 9.17) is 0 Å². The van der Waals surface area contributed by atoms with Crippen molar-refractivity contribution in [3.63, 3.8) is 0 Å². The van der Waals surface area contributed by atoms with Crippen molar-refractivity contribution in [2.45, 2.75) is 46.0 Å². The van der Waals surface area contributed by atoms with Gasteiger partial charge in [0, 0.05) is 0 Å². The normalized spacial score (nSPS) is 33.0. The number of fused-ring (bicyclic) bond motifs is 2. The van der Waals surface area contributed by atoms with Gasteiger partial charge in [0.05, 0.1) is 11.8 Å². The second-order valence-electron chi connectivity index (χ2n) is 6.57. The molecule has 0 aliphatic heterocycles. The first kappa shape index (κ1) is 16.1. The van der Waals surface area contributed by atoms with Crippen LogP contribution in [0.4, 0.5) is 0 Å². The molecule has 4 heteroatoms. The smallest absolute Gasteiger partial charge is 0.306 e. The molecular weight excluding hydrogens is 268 g/mol. The van der Waals surface area contributed by atoms with Crippen LogP contribution >= 0.6 is 0 Å². The minimum atomic E-state index is -0.756. The topological polar surface area (TPSA) is 74.6 Å². The van der Waals surface area contributed by atoms with Crippen molar-refractivity contribution < 1.29 is 19.8 Å². The first-order valence-electron chi connectivity index (χ1n) is 8.15. The van der Waals surface area contributed by atoms with Crippen molar-refractivity contribution in [2.24, 2.45) is 35.5 Å². The molecule has 2 rings (SSSR count). The maximum absolute atomic E-state index is 11.7. The predicted octanol–water partition coefficient (Wildman–Crippen LogP) is 3.43. The summed E-state index contributed by atoms with van der Waals surface area (Å²) >= 11 is 0. The summed E-state index contributed by atoms with van der Waals surface area (Å²) in [6.45, 7) is 3.99. The molecule has 0 radical (unpaired) electrons. The van der Waals surface area contributed by atoms with E-state index in [9.17, 15) is 19.8 Å². The number of rotatable bonds is 8. The maximum Gasteiger partial charge on any atom is 0.306 e. The lowest BCUT2D eigenvalue weighted by molar-refractivity contribution is -0.150. The molecule has 0 amide bonds. The number of allylic oxidation sites excluding steroid dienone is 2. The molecule has 0 aromatic heterocycles. The zero-order valence-electron chi connectivity index (χ0n) is 12.9. The molecule has 118 valence electrons. The van der Waals surface area contributed by atoms with Crippen LogP contribution in [0.25, 0.3) is 0 Å². The molecule has 0 heterocycles. The summed E-state index contributed by atoms with van der Waals surface area (Å²) in [5.74, 6) is -1.83. The van der Waals surface area contributed by atoms with Crippen LogP contribution in [-0.2, 0) is 9.59 Å². The van der Waals surface area contributed by atoms with Gasteiger partial charge >= 0.3 is 11.9 Å². The molecule has 4 nitrogen and oxygen atoms in total. The summed E-state index contributed by atoms with van der Waals surface area (Å²) in [6, 6.07) is 0. The highest BCUT2D eigenvalue weighted by Crippen LogP contribution is 2.55. The average Bonchev–Trinajstić information content (AvgIpc) is 3.02. The van der Waals surface area contributed by atoms with Gasteiger partial charge in [-0.05, 0) is 42.9 Å². The Morgan fingerprint density at radius 3 is 1.62 bits per heavy atom. The van der Waals surface area contributed by atoms with E-state index in [-0.39, 0.29) is 23.7 Å². The van der Waals surface area contributed by atoms with Crippen molar-refractivity contribution in [3.8, 4) is 0 Å². The maximum atomic E-state index is 11.7.